The maximum absolute atomic E-state index is 11.9. The average Bonchev–Trinajstić information content (AvgIpc) is 2.40. The first kappa shape index (κ1) is 16.0. The number of rotatable bonds is 3. The van der Waals surface area contributed by atoms with E-state index in [9.17, 15) is 9.59 Å². The van der Waals surface area contributed by atoms with Gasteiger partial charge in [-0.1, -0.05) is 17.7 Å². The lowest BCUT2D eigenvalue weighted by Gasteiger charge is -2.22. The molecule has 0 aliphatic heterocycles. The molecule has 0 fully saturated rings. The van der Waals surface area contributed by atoms with Crippen LogP contribution < -0.4 is 5.32 Å². The van der Waals surface area contributed by atoms with E-state index in [2.05, 4.69) is 5.32 Å². The molecule has 0 saturated heterocycles. The molecule has 2 amide bonds. The number of likely N-dealkylation sites (N-methyl/N-ethyl adjacent to an activating group) is 1. The number of carbonyl (C=O) groups excluding carboxylic acids is 2. The summed E-state index contributed by atoms with van der Waals surface area (Å²) in [5, 5.41) is 11.4. The van der Waals surface area contributed by atoms with Gasteiger partial charge < -0.3 is 10.2 Å². The smallest absolute Gasteiger partial charge is 0.313 e. The second kappa shape index (κ2) is 6.92. The van der Waals surface area contributed by atoms with Gasteiger partial charge >= 0.3 is 11.8 Å². The zero-order valence-corrected chi connectivity index (χ0v) is 12.4. The molecular weight excluding hydrogens is 278 g/mol. The lowest BCUT2D eigenvalue weighted by Crippen LogP contribution is -2.42. The summed E-state index contributed by atoms with van der Waals surface area (Å²) in [5.41, 5.74) is 1.34. The highest BCUT2D eigenvalue weighted by Crippen LogP contribution is 2.22. The van der Waals surface area contributed by atoms with Crippen molar-refractivity contribution in [2.24, 2.45) is 0 Å². The van der Waals surface area contributed by atoms with Gasteiger partial charge in [-0.2, -0.15) is 5.26 Å². The monoisotopic (exact) mass is 293 g/mol. The van der Waals surface area contributed by atoms with Crippen molar-refractivity contribution in [3.05, 3.63) is 28.8 Å². The Balaban J connectivity index is 2.76. The number of hydrogen-bond acceptors (Lipinski definition) is 3. The van der Waals surface area contributed by atoms with Gasteiger partial charge in [0.2, 0.25) is 0 Å². The Morgan fingerprint density at radius 1 is 1.50 bits per heavy atom. The quantitative estimate of drug-likeness (QED) is 0.869. The number of nitriles is 1. The Bertz CT molecular complexity index is 566. The Labute approximate surface area is 123 Å². The van der Waals surface area contributed by atoms with Crippen LogP contribution in [0.15, 0.2) is 18.2 Å². The molecule has 0 spiro atoms. The number of amides is 2. The SMILES string of the molecule is Cc1ccc(NC(=O)C(=O)N(C)[C@H](C)CC#N)c(Cl)c1. The molecular formula is C14H16ClN3O2. The summed E-state index contributed by atoms with van der Waals surface area (Å²) in [6, 6.07) is 6.76. The van der Waals surface area contributed by atoms with Crippen molar-refractivity contribution in [1.82, 2.24) is 4.90 Å². The number of halogens is 1. The number of anilines is 1. The standard InChI is InChI=1S/C14H16ClN3O2/c1-9-4-5-12(11(15)8-9)17-13(19)14(20)18(3)10(2)6-7-16/h4-5,8,10H,6H2,1-3H3,(H,17,19)/t10-/m1/s1. The molecule has 0 unspecified atom stereocenters. The first-order valence-electron chi connectivity index (χ1n) is 6.08. The van der Waals surface area contributed by atoms with Crippen LogP contribution in [0.1, 0.15) is 18.9 Å². The second-order valence-corrected chi connectivity index (χ2v) is 4.97. The Morgan fingerprint density at radius 2 is 2.15 bits per heavy atom. The second-order valence-electron chi connectivity index (χ2n) is 4.56. The largest absolute Gasteiger partial charge is 0.334 e. The lowest BCUT2D eigenvalue weighted by atomic mass is 10.2. The van der Waals surface area contributed by atoms with E-state index in [1.165, 1.54) is 11.9 Å². The van der Waals surface area contributed by atoms with E-state index >= 15 is 0 Å². The maximum Gasteiger partial charge on any atom is 0.313 e. The Hall–Kier alpha value is -2.06. The van der Waals surface area contributed by atoms with Gasteiger partial charge in [0.15, 0.2) is 0 Å². The van der Waals surface area contributed by atoms with E-state index in [0.717, 1.165) is 5.56 Å². The molecule has 1 atom stereocenters. The van der Waals surface area contributed by atoms with Gasteiger partial charge in [-0.25, -0.2) is 0 Å². The van der Waals surface area contributed by atoms with Gasteiger partial charge in [-0.05, 0) is 31.5 Å². The van der Waals surface area contributed by atoms with Crippen molar-refractivity contribution >= 4 is 29.1 Å². The van der Waals surface area contributed by atoms with Crippen LogP contribution in [0.25, 0.3) is 0 Å². The summed E-state index contributed by atoms with van der Waals surface area (Å²) < 4.78 is 0. The third-order valence-electron chi connectivity index (χ3n) is 2.94. The van der Waals surface area contributed by atoms with E-state index in [1.54, 1.807) is 25.1 Å². The maximum atomic E-state index is 11.9. The van der Waals surface area contributed by atoms with Gasteiger partial charge in [-0.3, -0.25) is 9.59 Å². The normalized spacial score (nSPS) is 11.3. The average molecular weight is 294 g/mol. The fourth-order valence-corrected chi connectivity index (χ4v) is 1.81. The molecule has 0 aromatic heterocycles. The number of benzene rings is 1. The summed E-state index contributed by atoms with van der Waals surface area (Å²) in [6.45, 7) is 3.58. The number of nitrogens with one attached hydrogen (secondary N) is 1. The van der Waals surface area contributed by atoms with Crippen LogP contribution in [0.4, 0.5) is 5.69 Å². The van der Waals surface area contributed by atoms with Crippen LogP contribution in [0, 0.1) is 18.3 Å². The van der Waals surface area contributed by atoms with E-state index in [0.29, 0.717) is 10.7 Å². The third-order valence-corrected chi connectivity index (χ3v) is 3.25. The molecule has 0 radical (unpaired) electrons. The summed E-state index contributed by atoms with van der Waals surface area (Å²) in [5.74, 6) is -1.48. The van der Waals surface area contributed by atoms with Crippen LogP contribution in [-0.2, 0) is 9.59 Å². The molecule has 0 bridgehead atoms. The van der Waals surface area contributed by atoms with Crippen LogP contribution >= 0.6 is 11.6 Å². The zero-order chi connectivity index (χ0) is 15.3. The minimum absolute atomic E-state index is 0.167. The van der Waals surface area contributed by atoms with Crippen LogP contribution in [-0.4, -0.2) is 29.8 Å². The molecule has 1 aromatic rings. The topological polar surface area (TPSA) is 73.2 Å². The van der Waals surface area contributed by atoms with Crippen molar-refractivity contribution in [2.45, 2.75) is 26.3 Å². The van der Waals surface area contributed by atoms with Crippen LogP contribution in [0.5, 0.6) is 0 Å². The van der Waals surface area contributed by atoms with E-state index < -0.39 is 11.8 Å². The van der Waals surface area contributed by atoms with Crippen molar-refractivity contribution in [3.63, 3.8) is 0 Å². The highest BCUT2D eigenvalue weighted by atomic mass is 35.5. The molecule has 0 saturated carbocycles. The zero-order valence-electron chi connectivity index (χ0n) is 11.6. The molecule has 0 heterocycles. The summed E-state index contributed by atoms with van der Waals surface area (Å²) in [7, 11) is 1.49. The molecule has 1 aromatic carbocycles. The number of hydrogen-bond donors (Lipinski definition) is 1. The minimum Gasteiger partial charge on any atom is -0.334 e. The summed E-state index contributed by atoms with van der Waals surface area (Å²) in [6.07, 6.45) is 0.167. The van der Waals surface area contributed by atoms with Crippen molar-refractivity contribution in [1.29, 1.82) is 5.26 Å². The van der Waals surface area contributed by atoms with Gasteiger partial charge in [0.1, 0.15) is 0 Å². The molecule has 0 aliphatic rings. The molecule has 5 nitrogen and oxygen atoms in total. The van der Waals surface area contributed by atoms with Crippen LogP contribution in [0.2, 0.25) is 5.02 Å². The molecule has 20 heavy (non-hydrogen) atoms. The van der Waals surface area contributed by atoms with Gasteiger partial charge in [-0.15, -0.1) is 0 Å². The fraction of sp³-hybridized carbons (Fsp3) is 0.357. The van der Waals surface area contributed by atoms with E-state index in [4.69, 9.17) is 16.9 Å². The molecule has 106 valence electrons. The number of nitrogens with zero attached hydrogens (tertiary/aromatic N) is 2. The van der Waals surface area contributed by atoms with Gasteiger partial charge in [0.25, 0.3) is 0 Å². The third kappa shape index (κ3) is 3.97. The highest BCUT2D eigenvalue weighted by Gasteiger charge is 2.23. The van der Waals surface area contributed by atoms with Crippen LogP contribution in [0.3, 0.4) is 0 Å². The van der Waals surface area contributed by atoms with Crippen molar-refractivity contribution in [3.8, 4) is 6.07 Å². The summed E-state index contributed by atoms with van der Waals surface area (Å²) in [4.78, 5) is 25.0. The lowest BCUT2D eigenvalue weighted by molar-refractivity contribution is -0.143. The Kier molecular flexibility index (Phi) is 5.53. The first-order valence-corrected chi connectivity index (χ1v) is 6.46. The summed E-state index contributed by atoms with van der Waals surface area (Å²) >= 11 is 5.99. The van der Waals surface area contributed by atoms with Gasteiger partial charge in [0.05, 0.1) is 23.2 Å². The molecule has 0 aliphatic carbocycles. The van der Waals surface area contributed by atoms with Gasteiger partial charge in [0, 0.05) is 13.1 Å². The first-order chi connectivity index (χ1) is 9.36. The molecule has 1 rings (SSSR count). The molecule has 1 N–H and O–H groups in total. The van der Waals surface area contributed by atoms with Crippen molar-refractivity contribution in [2.75, 3.05) is 12.4 Å². The van der Waals surface area contributed by atoms with E-state index in [1.807, 2.05) is 13.0 Å². The van der Waals surface area contributed by atoms with Crippen molar-refractivity contribution < 1.29 is 9.59 Å². The Morgan fingerprint density at radius 3 is 2.70 bits per heavy atom. The predicted octanol–water partition coefficient (Wildman–Crippen LogP) is 2.35. The fourth-order valence-electron chi connectivity index (χ4n) is 1.53. The highest BCUT2D eigenvalue weighted by molar-refractivity contribution is 6.41. The van der Waals surface area contributed by atoms with E-state index in [-0.39, 0.29) is 12.5 Å². The number of carbonyl (C=O) groups is 2. The predicted molar refractivity (Wildman–Crippen MR) is 77.3 cm³/mol. The number of aryl methyl sites for hydroxylation is 1. The minimum atomic E-state index is -0.775. The molecule has 6 heteroatoms.